The average molecular weight is 234 g/mol. The number of benzene rings is 1. The molecular weight excluding hydrogens is 216 g/mol. The van der Waals surface area contributed by atoms with E-state index in [9.17, 15) is 4.79 Å². The third kappa shape index (κ3) is 2.42. The Morgan fingerprint density at radius 1 is 1.53 bits per heavy atom. The van der Waals surface area contributed by atoms with E-state index < -0.39 is 0 Å². The standard InChI is InChI=1S/C13H18N2O2/c1-17-12-5-3-2-4-11(12)13(16)15-7-6-10(8-14)9-15/h2-5,10H,6-9,14H2,1H3/t10-/m0/s1. The Morgan fingerprint density at radius 3 is 2.94 bits per heavy atom. The van der Waals surface area contributed by atoms with Crippen molar-refractivity contribution in [3.63, 3.8) is 0 Å². The molecule has 4 nitrogen and oxygen atoms in total. The van der Waals surface area contributed by atoms with Gasteiger partial charge in [0, 0.05) is 13.1 Å². The molecule has 1 aliphatic rings. The van der Waals surface area contributed by atoms with Crippen LogP contribution in [0.25, 0.3) is 0 Å². The van der Waals surface area contributed by atoms with E-state index in [1.165, 1.54) is 0 Å². The van der Waals surface area contributed by atoms with Gasteiger partial charge >= 0.3 is 0 Å². The van der Waals surface area contributed by atoms with Crippen LogP contribution in [0.2, 0.25) is 0 Å². The van der Waals surface area contributed by atoms with E-state index in [4.69, 9.17) is 10.5 Å². The summed E-state index contributed by atoms with van der Waals surface area (Å²) in [4.78, 5) is 14.1. The van der Waals surface area contributed by atoms with E-state index in [-0.39, 0.29) is 5.91 Å². The van der Waals surface area contributed by atoms with Crippen molar-refractivity contribution < 1.29 is 9.53 Å². The first kappa shape index (κ1) is 11.9. The molecule has 1 saturated heterocycles. The lowest BCUT2D eigenvalue weighted by atomic mass is 10.1. The molecule has 0 unspecified atom stereocenters. The molecule has 17 heavy (non-hydrogen) atoms. The number of rotatable bonds is 3. The van der Waals surface area contributed by atoms with Crippen molar-refractivity contribution in [3.05, 3.63) is 29.8 Å². The molecule has 0 saturated carbocycles. The van der Waals surface area contributed by atoms with Crippen LogP contribution in [0.15, 0.2) is 24.3 Å². The number of ether oxygens (including phenoxy) is 1. The number of hydrogen-bond acceptors (Lipinski definition) is 3. The maximum Gasteiger partial charge on any atom is 0.257 e. The zero-order valence-corrected chi connectivity index (χ0v) is 10.1. The largest absolute Gasteiger partial charge is 0.496 e. The molecular formula is C13H18N2O2. The fourth-order valence-electron chi connectivity index (χ4n) is 2.20. The quantitative estimate of drug-likeness (QED) is 0.852. The van der Waals surface area contributed by atoms with Crippen molar-refractivity contribution in [2.24, 2.45) is 11.7 Å². The minimum atomic E-state index is 0.0402. The second-order valence-corrected chi connectivity index (χ2v) is 4.34. The number of para-hydroxylation sites is 1. The molecule has 1 heterocycles. The van der Waals surface area contributed by atoms with Crippen LogP contribution < -0.4 is 10.5 Å². The summed E-state index contributed by atoms with van der Waals surface area (Å²) in [5.74, 6) is 1.11. The molecule has 1 aliphatic heterocycles. The van der Waals surface area contributed by atoms with Gasteiger partial charge in [-0.1, -0.05) is 12.1 Å². The molecule has 0 aliphatic carbocycles. The Morgan fingerprint density at radius 2 is 2.29 bits per heavy atom. The van der Waals surface area contributed by atoms with Crippen LogP contribution in [-0.2, 0) is 0 Å². The van der Waals surface area contributed by atoms with Crippen molar-refractivity contribution in [2.45, 2.75) is 6.42 Å². The molecule has 92 valence electrons. The number of carbonyl (C=O) groups excluding carboxylic acids is 1. The number of hydrogen-bond donors (Lipinski definition) is 1. The summed E-state index contributed by atoms with van der Waals surface area (Å²) >= 11 is 0. The molecule has 1 aromatic rings. The Hall–Kier alpha value is -1.55. The summed E-state index contributed by atoms with van der Waals surface area (Å²) in [6.45, 7) is 2.20. The average Bonchev–Trinajstić information content (AvgIpc) is 2.86. The van der Waals surface area contributed by atoms with Crippen LogP contribution in [0.3, 0.4) is 0 Å². The smallest absolute Gasteiger partial charge is 0.257 e. The van der Waals surface area contributed by atoms with Gasteiger partial charge in [-0.25, -0.2) is 0 Å². The Kier molecular flexibility index (Phi) is 3.64. The number of amides is 1. The lowest BCUT2D eigenvalue weighted by Gasteiger charge is -2.17. The van der Waals surface area contributed by atoms with Crippen LogP contribution >= 0.6 is 0 Å². The maximum atomic E-state index is 12.3. The van der Waals surface area contributed by atoms with Gasteiger partial charge in [-0.05, 0) is 31.0 Å². The van der Waals surface area contributed by atoms with Gasteiger partial charge in [-0.2, -0.15) is 0 Å². The van der Waals surface area contributed by atoms with Gasteiger partial charge in [-0.3, -0.25) is 4.79 Å². The van der Waals surface area contributed by atoms with Crippen molar-refractivity contribution in [2.75, 3.05) is 26.7 Å². The number of likely N-dealkylation sites (tertiary alicyclic amines) is 1. The Labute approximate surface area is 101 Å². The SMILES string of the molecule is COc1ccccc1C(=O)N1CC[C@@H](CN)C1. The molecule has 1 aromatic carbocycles. The fourth-order valence-corrected chi connectivity index (χ4v) is 2.20. The van der Waals surface area contributed by atoms with Crippen molar-refractivity contribution in [3.8, 4) is 5.75 Å². The van der Waals surface area contributed by atoms with E-state index in [2.05, 4.69) is 0 Å². The highest BCUT2D eigenvalue weighted by Crippen LogP contribution is 2.23. The van der Waals surface area contributed by atoms with Gasteiger partial charge < -0.3 is 15.4 Å². The molecule has 0 radical (unpaired) electrons. The fraction of sp³-hybridized carbons (Fsp3) is 0.462. The minimum Gasteiger partial charge on any atom is -0.496 e. The van der Waals surface area contributed by atoms with Crippen molar-refractivity contribution in [1.82, 2.24) is 4.90 Å². The van der Waals surface area contributed by atoms with Gasteiger partial charge in [0.05, 0.1) is 12.7 Å². The lowest BCUT2D eigenvalue weighted by Crippen LogP contribution is -2.30. The molecule has 4 heteroatoms. The highest BCUT2D eigenvalue weighted by molar-refractivity contribution is 5.97. The summed E-state index contributed by atoms with van der Waals surface area (Å²) in [7, 11) is 1.58. The number of nitrogens with two attached hydrogens (primary N) is 1. The van der Waals surface area contributed by atoms with Gasteiger partial charge in [-0.15, -0.1) is 0 Å². The van der Waals surface area contributed by atoms with Crippen LogP contribution in [0.1, 0.15) is 16.8 Å². The first-order chi connectivity index (χ1) is 8.26. The normalized spacial score (nSPS) is 19.4. The molecule has 1 amide bonds. The topological polar surface area (TPSA) is 55.6 Å². The summed E-state index contributed by atoms with van der Waals surface area (Å²) in [6, 6.07) is 7.33. The third-order valence-corrected chi connectivity index (χ3v) is 3.24. The van der Waals surface area contributed by atoms with Gasteiger partial charge in [0.1, 0.15) is 5.75 Å². The number of methoxy groups -OCH3 is 1. The van der Waals surface area contributed by atoms with Crippen LogP contribution in [0, 0.1) is 5.92 Å². The van der Waals surface area contributed by atoms with Crippen LogP contribution in [0.4, 0.5) is 0 Å². The summed E-state index contributed by atoms with van der Waals surface area (Å²) < 4.78 is 5.21. The predicted molar refractivity (Wildman–Crippen MR) is 66.1 cm³/mol. The summed E-state index contributed by atoms with van der Waals surface area (Å²) in [5.41, 5.74) is 6.26. The lowest BCUT2D eigenvalue weighted by molar-refractivity contribution is 0.0784. The van der Waals surface area contributed by atoms with Crippen molar-refractivity contribution >= 4 is 5.91 Å². The second kappa shape index (κ2) is 5.19. The third-order valence-electron chi connectivity index (χ3n) is 3.24. The predicted octanol–water partition coefficient (Wildman–Crippen LogP) is 1.12. The number of carbonyl (C=O) groups is 1. The van der Waals surface area contributed by atoms with E-state index in [0.717, 1.165) is 19.5 Å². The summed E-state index contributed by atoms with van der Waals surface area (Å²) in [6.07, 6.45) is 0.997. The molecule has 0 aromatic heterocycles. The molecule has 0 spiro atoms. The second-order valence-electron chi connectivity index (χ2n) is 4.34. The highest BCUT2D eigenvalue weighted by Gasteiger charge is 2.27. The molecule has 2 N–H and O–H groups in total. The molecule has 1 atom stereocenters. The molecule has 1 fully saturated rings. The van der Waals surface area contributed by atoms with E-state index >= 15 is 0 Å². The number of nitrogens with zero attached hydrogens (tertiary/aromatic N) is 1. The van der Waals surface area contributed by atoms with E-state index in [0.29, 0.717) is 23.8 Å². The van der Waals surface area contributed by atoms with E-state index in [1.807, 2.05) is 23.1 Å². The maximum absolute atomic E-state index is 12.3. The zero-order chi connectivity index (χ0) is 12.3. The van der Waals surface area contributed by atoms with E-state index in [1.54, 1.807) is 13.2 Å². The van der Waals surface area contributed by atoms with Gasteiger partial charge in [0.15, 0.2) is 0 Å². The van der Waals surface area contributed by atoms with Gasteiger partial charge in [0.25, 0.3) is 5.91 Å². The molecule has 2 rings (SSSR count). The monoisotopic (exact) mass is 234 g/mol. The first-order valence-electron chi connectivity index (χ1n) is 5.88. The van der Waals surface area contributed by atoms with Gasteiger partial charge in [0.2, 0.25) is 0 Å². The summed E-state index contributed by atoms with van der Waals surface area (Å²) in [5, 5.41) is 0. The Balaban J connectivity index is 2.15. The highest BCUT2D eigenvalue weighted by atomic mass is 16.5. The molecule has 0 bridgehead atoms. The minimum absolute atomic E-state index is 0.0402. The zero-order valence-electron chi connectivity index (χ0n) is 10.1. The van der Waals surface area contributed by atoms with Crippen molar-refractivity contribution in [1.29, 1.82) is 0 Å². The van der Waals surface area contributed by atoms with Crippen LogP contribution in [0.5, 0.6) is 5.75 Å². The first-order valence-corrected chi connectivity index (χ1v) is 5.88. The van der Waals surface area contributed by atoms with Crippen LogP contribution in [-0.4, -0.2) is 37.6 Å². The Bertz CT molecular complexity index is 406.